The third-order valence-electron chi connectivity index (χ3n) is 3.07. The second-order valence-corrected chi connectivity index (χ2v) is 4.44. The van der Waals surface area contributed by atoms with Crippen LogP contribution >= 0.6 is 0 Å². The monoisotopic (exact) mass is 222 g/mol. The van der Waals surface area contributed by atoms with Crippen molar-refractivity contribution in [1.82, 2.24) is 0 Å². The molecule has 1 aromatic rings. The summed E-state index contributed by atoms with van der Waals surface area (Å²) in [7, 11) is 0. The van der Waals surface area contributed by atoms with E-state index < -0.39 is 0 Å². The summed E-state index contributed by atoms with van der Waals surface area (Å²) in [6.45, 7) is 3.49. The van der Waals surface area contributed by atoms with Crippen molar-refractivity contribution < 1.29 is 13.9 Å². The van der Waals surface area contributed by atoms with Gasteiger partial charge in [0, 0.05) is 17.9 Å². The first kappa shape index (κ1) is 11.1. The zero-order chi connectivity index (χ0) is 11.7. The molecule has 2 atom stereocenters. The predicted molar refractivity (Wildman–Crippen MR) is 59.0 cm³/mol. The zero-order valence-electron chi connectivity index (χ0n) is 9.50. The van der Waals surface area contributed by atoms with Crippen molar-refractivity contribution in [2.24, 2.45) is 5.92 Å². The largest absolute Gasteiger partial charge is 0.490 e. The van der Waals surface area contributed by atoms with E-state index in [-0.39, 0.29) is 23.6 Å². The maximum Gasteiger partial charge on any atom is 0.132 e. The molecular formula is C13H15FO2. The average molecular weight is 222 g/mol. The van der Waals surface area contributed by atoms with Gasteiger partial charge in [-0.25, -0.2) is 4.39 Å². The van der Waals surface area contributed by atoms with E-state index in [0.717, 1.165) is 11.3 Å². The zero-order valence-corrected chi connectivity index (χ0v) is 9.50. The van der Waals surface area contributed by atoms with Gasteiger partial charge in [-0.1, -0.05) is 6.92 Å². The molecule has 2 nitrogen and oxygen atoms in total. The summed E-state index contributed by atoms with van der Waals surface area (Å²) >= 11 is 0. The standard InChI is InChI=1S/C13H15FO2/c1-8(9(2)15)5-12-7-10-6-11(14)3-4-13(10)16-12/h3-4,6,8,12H,5,7H2,1-2H3. The van der Waals surface area contributed by atoms with Crippen LogP contribution in [0.2, 0.25) is 0 Å². The maximum absolute atomic E-state index is 13.0. The quantitative estimate of drug-likeness (QED) is 0.786. The molecular weight excluding hydrogens is 207 g/mol. The minimum absolute atomic E-state index is 0.00385. The summed E-state index contributed by atoms with van der Waals surface area (Å²) in [6, 6.07) is 4.56. The minimum Gasteiger partial charge on any atom is -0.490 e. The SMILES string of the molecule is CC(=O)C(C)CC1Cc2cc(F)ccc2O1. The van der Waals surface area contributed by atoms with E-state index >= 15 is 0 Å². The lowest BCUT2D eigenvalue weighted by atomic mass is 9.97. The van der Waals surface area contributed by atoms with Gasteiger partial charge in [-0.2, -0.15) is 0 Å². The molecule has 86 valence electrons. The Morgan fingerprint density at radius 1 is 1.62 bits per heavy atom. The lowest BCUT2D eigenvalue weighted by molar-refractivity contribution is -0.120. The van der Waals surface area contributed by atoms with Gasteiger partial charge in [0.1, 0.15) is 23.5 Å². The number of benzene rings is 1. The lowest BCUT2D eigenvalue weighted by Crippen LogP contribution is -2.20. The van der Waals surface area contributed by atoms with Crippen molar-refractivity contribution in [1.29, 1.82) is 0 Å². The molecule has 3 heteroatoms. The molecule has 0 aromatic heterocycles. The Balaban J connectivity index is 2.03. The van der Waals surface area contributed by atoms with Crippen molar-refractivity contribution in [3.8, 4) is 5.75 Å². The first-order valence-electron chi connectivity index (χ1n) is 5.52. The Morgan fingerprint density at radius 3 is 3.06 bits per heavy atom. The first-order chi connectivity index (χ1) is 7.56. The Kier molecular flexibility index (Phi) is 2.95. The number of hydrogen-bond donors (Lipinski definition) is 0. The van der Waals surface area contributed by atoms with Crippen molar-refractivity contribution >= 4 is 5.78 Å². The highest BCUT2D eigenvalue weighted by molar-refractivity contribution is 5.77. The smallest absolute Gasteiger partial charge is 0.132 e. The Hall–Kier alpha value is -1.38. The molecule has 0 amide bonds. The number of Topliss-reactive ketones (excluding diaryl/α,β-unsaturated/α-hetero) is 1. The Bertz CT molecular complexity index is 414. The fraction of sp³-hybridized carbons (Fsp3) is 0.462. The number of ketones is 1. The second-order valence-electron chi connectivity index (χ2n) is 4.44. The van der Waals surface area contributed by atoms with Gasteiger partial charge in [0.15, 0.2) is 0 Å². The van der Waals surface area contributed by atoms with E-state index in [1.54, 1.807) is 13.0 Å². The van der Waals surface area contributed by atoms with Gasteiger partial charge in [0.25, 0.3) is 0 Å². The Morgan fingerprint density at radius 2 is 2.38 bits per heavy atom. The second kappa shape index (κ2) is 4.24. The third kappa shape index (κ3) is 2.23. The van der Waals surface area contributed by atoms with Crippen LogP contribution in [0.15, 0.2) is 18.2 Å². The summed E-state index contributed by atoms with van der Waals surface area (Å²) in [5.41, 5.74) is 0.903. The van der Waals surface area contributed by atoms with Gasteiger partial charge in [-0.15, -0.1) is 0 Å². The molecule has 1 heterocycles. The highest BCUT2D eigenvalue weighted by Gasteiger charge is 2.25. The summed E-state index contributed by atoms with van der Waals surface area (Å²) in [5.74, 6) is 0.694. The molecule has 1 aliphatic heterocycles. The van der Waals surface area contributed by atoms with Crippen LogP contribution in [0.5, 0.6) is 5.75 Å². The van der Waals surface area contributed by atoms with Crippen LogP contribution < -0.4 is 4.74 Å². The number of hydrogen-bond acceptors (Lipinski definition) is 2. The van der Waals surface area contributed by atoms with E-state index in [2.05, 4.69) is 0 Å². The van der Waals surface area contributed by atoms with Crippen molar-refractivity contribution in [2.45, 2.75) is 32.8 Å². The normalized spacial score (nSPS) is 20.1. The van der Waals surface area contributed by atoms with Crippen LogP contribution in [0, 0.1) is 11.7 Å². The molecule has 0 saturated carbocycles. The number of carbonyl (C=O) groups excluding carboxylic acids is 1. The fourth-order valence-corrected chi connectivity index (χ4v) is 1.98. The number of halogens is 1. The minimum atomic E-state index is -0.234. The van der Waals surface area contributed by atoms with E-state index in [1.807, 2.05) is 6.92 Å². The molecule has 2 rings (SSSR count). The molecule has 0 bridgehead atoms. The van der Waals surface area contributed by atoms with Gasteiger partial charge >= 0.3 is 0 Å². The van der Waals surface area contributed by atoms with Crippen LogP contribution in [0.4, 0.5) is 4.39 Å². The van der Waals surface area contributed by atoms with Crippen molar-refractivity contribution in [2.75, 3.05) is 0 Å². The van der Waals surface area contributed by atoms with Gasteiger partial charge in [0.2, 0.25) is 0 Å². The van der Waals surface area contributed by atoms with E-state index in [0.29, 0.717) is 12.8 Å². The van der Waals surface area contributed by atoms with E-state index in [1.165, 1.54) is 12.1 Å². The fourth-order valence-electron chi connectivity index (χ4n) is 1.98. The molecule has 0 fully saturated rings. The van der Waals surface area contributed by atoms with Gasteiger partial charge in [-0.05, 0) is 31.5 Å². The summed E-state index contributed by atoms with van der Waals surface area (Å²) < 4.78 is 18.6. The molecule has 1 aromatic carbocycles. The van der Waals surface area contributed by atoms with Crippen LogP contribution in [-0.4, -0.2) is 11.9 Å². The molecule has 1 aliphatic rings. The van der Waals surface area contributed by atoms with Crippen LogP contribution in [0.3, 0.4) is 0 Å². The van der Waals surface area contributed by atoms with Crippen molar-refractivity contribution in [3.63, 3.8) is 0 Å². The first-order valence-corrected chi connectivity index (χ1v) is 5.52. The molecule has 0 aliphatic carbocycles. The molecule has 2 unspecified atom stereocenters. The topological polar surface area (TPSA) is 26.3 Å². The molecule has 0 N–H and O–H groups in total. The molecule has 0 radical (unpaired) electrons. The highest BCUT2D eigenvalue weighted by atomic mass is 19.1. The summed E-state index contributed by atoms with van der Waals surface area (Å²) in [4.78, 5) is 11.1. The predicted octanol–water partition coefficient (Wildman–Crippen LogP) is 2.74. The van der Waals surface area contributed by atoms with Crippen LogP contribution in [-0.2, 0) is 11.2 Å². The summed E-state index contributed by atoms with van der Waals surface area (Å²) in [5, 5.41) is 0. The molecule has 0 spiro atoms. The third-order valence-corrected chi connectivity index (χ3v) is 3.07. The van der Waals surface area contributed by atoms with Crippen molar-refractivity contribution in [3.05, 3.63) is 29.6 Å². The van der Waals surface area contributed by atoms with E-state index in [4.69, 9.17) is 4.74 Å². The number of rotatable bonds is 3. The number of fused-ring (bicyclic) bond motifs is 1. The molecule has 0 saturated heterocycles. The van der Waals surface area contributed by atoms with E-state index in [9.17, 15) is 9.18 Å². The van der Waals surface area contributed by atoms with Crippen LogP contribution in [0.25, 0.3) is 0 Å². The Labute approximate surface area is 94.4 Å². The number of carbonyl (C=O) groups is 1. The van der Waals surface area contributed by atoms with Gasteiger partial charge in [0.05, 0.1) is 0 Å². The summed E-state index contributed by atoms with van der Waals surface area (Å²) in [6.07, 6.45) is 1.41. The number of ether oxygens (including phenoxy) is 1. The average Bonchev–Trinajstić information content (AvgIpc) is 2.58. The maximum atomic E-state index is 13.0. The van der Waals surface area contributed by atoms with Gasteiger partial charge in [-0.3, -0.25) is 4.79 Å². The highest BCUT2D eigenvalue weighted by Crippen LogP contribution is 2.31. The van der Waals surface area contributed by atoms with Crippen LogP contribution in [0.1, 0.15) is 25.8 Å². The molecule has 16 heavy (non-hydrogen) atoms. The lowest BCUT2D eigenvalue weighted by Gasteiger charge is -2.13. The van der Waals surface area contributed by atoms with Gasteiger partial charge < -0.3 is 4.74 Å².